The van der Waals surface area contributed by atoms with Crippen LogP contribution in [0.25, 0.3) is 0 Å². The van der Waals surface area contributed by atoms with Crippen LogP contribution in [0.15, 0.2) is 4.99 Å². The molecule has 146 valence electrons. The van der Waals surface area contributed by atoms with Gasteiger partial charge in [0.15, 0.2) is 11.8 Å². The first-order valence-electron chi connectivity index (χ1n) is 9.61. The van der Waals surface area contributed by atoms with Gasteiger partial charge in [-0.1, -0.05) is 6.42 Å². The summed E-state index contributed by atoms with van der Waals surface area (Å²) in [5.74, 6) is 2.56. The van der Waals surface area contributed by atoms with Gasteiger partial charge in [-0.2, -0.15) is 0 Å². The van der Waals surface area contributed by atoms with Crippen LogP contribution in [0.5, 0.6) is 0 Å². The third-order valence-electron chi connectivity index (χ3n) is 5.91. The van der Waals surface area contributed by atoms with Crippen LogP contribution in [-0.2, 0) is 23.1 Å². The molecule has 26 heavy (non-hydrogen) atoms. The molecule has 0 bridgehead atoms. The summed E-state index contributed by atoms with van der Waals surface area (Å²) in [4.78, 5) is 4.73. The summed E-state index contributed by atoms with van der Waals surface area (Å²) in [5.41, 5.74) is 0.293. The normalized spacial score (nSPS) is 24.2. The molecule has 0 amide bonds. The lowest BCUT2D eigenvalue weighted by Crippen LogP contribution is -2.68. The van der Waals surface area contributed by atoms with E-state index in [0.717, 1.165) is 37.2 Å². The summed E-state index contributed by atoms with van der Waals surface area (Å²) in [6.45, 7) is 6.66. The molecule has 2 saturated carbocycles. The average Bonchev–Trinajstić information content (AvgIpc) is 2.88. The molecule has 1 aromatic heterocycles. The summed E-state index contributed by atoms with van der Waals surface area (Å²) in [5, 5.41) is 15.3. The lowest BCUT2D eigenvalue weighted by molar-refractivity contribution is -0.168. The van der Waals surface area contributed by atoms with E-state index in [9.17, 15) is 0 Å². The second-order valence-corrected chi connectivity index (χ2v) is 7.27. The highest BCUT2D eigenvalue weighted by Gasteiger charge is 2.59. The number of methoxy groups -OCH3 is 1. The van der Waals surface area contributed by atoms with Gasteiger partial charge in [0.05, 0.1) is 12.7 Å². The Kier molecular flexibility index (Phi) is 6.13. The Morgan fingerprint density at radius 1 is 1.38 bits per heavy atom. The minimum absolute atomic E-state index is 0.293. The van der Waals surface area contributed by atoms with E-state index in [1.165, 1.54) is 19.3 Å². The van der Waals surface area contributed by atoms with Crippen molar-refractivity contribution in [3.05, 3.63) is 11.6 Å². The zero-order chi connectivity index (χ0) is 18.6. The highest BCUT2D eigenvalue weighted by Crippen LogP contribution is 2.57. The van der Waals surface area contributed by atoms with Gasteiger partial charge in [0.1, 0.15) is 12.4 Å². The summed E-state index contributed by atoms with van der Waals surface area (Å²) >= 11 is 0. The van der Waals surface area contributed by atoms with E-state index in [0.29, 0.717) is 30.7 Å². The maximum atomic E-state index is 5.95. The topological polar surface area (TPSA) is 85.6 Å². The fourth-order valence-corrected chi connectivity index (χ4v) is 3.97. The second kappa shape index (κ2) is 8.35. The average molecular weight is 364 g/mol. The first kappa shape index (κ1) is 19.1. The number of aromatic nitrogens is 3. The number of nitrogens with zero attached hydrogens (tertiary/aromatic N) is 4. The molecule has 3 rings (SSSR count). The molecule has 2 aliphatic rings. The Bertz CT molecular complexity index is 625. The van der Waals surface area contributed by atoms with Crippen LogP contribution in [-0.4, -0.2) is 59.7 Å². The molecule has 0 saturated heterocycles. The summed E-state index contributed by atoms with van der Waals surface area (Å²) in [7, 11) is 3.67. The van der Waals surface area contributed by atoms with Crippen molar-refractivity contribution in [2.75, 3.05) is 26.9 Å². The van der Waals surface area contributed by atoms with Crippen molar-refractivity contribution in [3.63, 3.8) is 0 Å². The largest absolute Gasteiger partial charge is 0.383 e. The highest BCUT2D eigenvalue weighted by atomic mass is 16.5. The lowest BCUT2D eigenvalue weighted by atomic mass is 9.51. The molecule has 2 N–H and O–H groups in total. The molecular formula is C18H32N6O2. The van der Waals surface area contributed by atoms with Crippen molar-refractivity contribution in [3.8, 4) is 0 Å². The van der Waals surface area contributed by atoms with E-state index in [4.69, 9.17) is 14.5 Å². The first-order valence-corrected chi connectivity index (χ1v) is 9.61. The molecule has 8 nitrogen and oxygen atoms in total. The molecule has 2 aliphatic carbocycles. The number of ether oxygens (including phenoxy) is 2. The zero-order valence-electron chi connectivity index (χ0n) is 16.4. The van der Waals surface area contributed by atoms with E-state index >= 15 is 0 Å². The van der Waals surface area contributed by atoms with Crippen molar-refractivity contribution in [2.45, 2.75) is 58.2 Å². The minimum atomic E-state index is 0.293. The van der Waals surface area contributed by atoms with Crippen molar-refractivity contribution in [1.82, 2.24) is 25.4 Å². The molecule has 0 aliphatic heterocycles. The summed E-state index contributed by atoms with van der Waals surface area (Å²) in [6.07, 6.45) is 5.21. The molecule has 8 heteroatoms. The van der Waals surface area contributed by atoms with E-state index in [2.05, 4.69) is 27.8 Å². The van der Waals surface area contributed by atoms with Gasteiger partial charge in [-0.3, -0.25) is 0 Å². The van der Waals surface area contributed by atoms with Crippen LogP contribution in [0, 0.1) is 12.3 Å². The third kappa shape index (κ3) is 3.71. The molecule has 2 fully saturated rings. The Hall–Kier alpha value is -1.67. The molecular weight excluding hydrogens is 332 g/mol. The maximum absolute atomic E-state index is 5.95. The Balaban J connectivity index is 1.64. The number of guanidine groups is 1. The van der Waals surface area contributed by atoms with E-state index in [1.807, 2.05) is 18.5 Å². The Morgan fingerprint density at radius 2 is 2.19 bits per heavy atom. The van der Waals surface area contributed by atoms with Crippen LogP contribution >= 0.6 is 0 Å². The lowest BCUT2D eigenvalue weighted by Gasteiger charge is -2.61. The highest BCUT2D eigenvalue weighted by molar-refractivity contribution is 5.80. The fourth-order valence-electron chi connectivity index (χ4n) is 3.97. The smallest absolute Gasteiger partial charge is 0.192 e. The molecule has 1 spiro atoms. The quantitative estimate of drug-likeness (QED) is 0.409. The molecule has 1 aromatic rings. The first-order chi connectivity index (χ1) is 12.6. The fraction of sp³-hybridized carbons (Fsp3) is 0.833. The molecule has 2 unspecified atom stereocenters. The Labute approximate surface area is 155 Å². The van der Waals surface area contributed by atoms with Gasteiger partial charge < -0.3 is 24.7 Å². The van der Waals surface area contributed by atoms with Crippen molar-refractivity contribution >= 4 is 5.96 Å². The van der Waals surface area contributed by atoms with Gasteiger partial charge in [0, 0.05) is 38.8 Å². The van der Waals surface area contributed by atoms with Gasteiger partial charge in [-0.05, 0) is 33.1 Å². The van der Waals surface area contributed by atoms with E-state index in [-0.39, 0.29) is 0 Å². The predicted octanol–water partition coefficient (Wildman–Crippen LogP) is 1.15. The third-order valence-corrected chi connectivity index (χ3v) is 5.91. The van der Waals surface area contributed by atoms with Gasteiger partial charge >= 0.3 is 0 Å². The van der Waals surface area contributed by atoms with Crippen molar-refractivity contribution in [1.29, 1.82) is 0 Å². The van der Waals surface area contributed by atoms with Gasteiger partial charge in [-0.25, -0.2) is 4.99 Å². The van der Waals surface area contributed by atoms with Crippen molar-refractivity contribution in [2.24, 2.45) is 17.5 Å². The minimum Gasteiger partial charge on any atom is -0.383 e. The zero-order valence-corrected chi connectivity index (χ0v) is 16.4. The predicted molar refractivity (Wildman–Crippen MR) is 100.0 cm³/mol. The van der Waals surface area contributed by atoms with E-state index < -0.39 is 0 Å². The van der Waals surface area contributed by atoms with Gasteiger partial charge in [-0.15, -0.1) is 10.2 Å². The second-order valence-electron chi connectivity index (χ2n) is 7.27. The van der Waals surface area contributed by atoms with Crippen LogP contribution < -0.4 is 10.6 Å². The van der Waals surface area contributed by atoms with Gasteiger partial charge in [0.2, 0.25) is 0 Å². The molecule has 0 aromatic carbocycles. The SMILES string of the molecule is CCOC1CC(NC(=NCc2nnc(C)n2C)NCCOC)C12CCC2. The van der Waals surface area contributed by atoms with Crippen LogP contribution in [0.2, 0.25) is 0 Å². The number of nitrogens with one attached hydrogen (secondary N) is 2. The summed E-state index contributed by atoms with van der Waals surface area (Å²) < 4.78 is 13.1. The number of hydrogen-bond acceptors (Lipinski definition) is 5. The number of hydrogen-bond donors (Lipinski definition) is 2. The monoisotopic (exact) mass is 364 g/mol. The summed E-state index contributed by atoms with van der Waals surface area (Å²) in [6, 6.07) is 0.419. The molecule has 1 heterocycles. The van der Waals surface area contributed by atoms with Gasteiger partial charge in [0.25, 0.3) is 0 Å². The molecule has 0 radical (unpaired) electrons. The van der Waals surface area contributed by atoms with Crippen LogP contribution in [0.4, 0.5) is 0 Å². The maximum Gasteiger partial charge on any atom is 0.192 e. The van der Waals surface area contributed by atoms with E-state index in [1.54, 1.807) is 7.11 Å². The van der Waals surface area contributed by atoms with Crippen molar-refractivity contribution < 1.29 is 9.47 Å². The number of aryl methyl sites for hydroxylation is 1. The number of rotatable bonds is 8. The standard InChI is InChI=1S/C18H32N6O2/c1-5-26-15-11-14(18(15)7-6-8-18)21-17(19-9-10-25-4)20-12-16-23-22-13(2)24(16)3/h14-15H,5-12H2,1-4H3,(H2,19,20,21). The number of aliphatic imine (C=N–C) groups is 1. The van der Waals surface area contributed by atoms with Crippen LogP contribution in [0.1, 0.15) is 44.3 Å². The molecule has 2 atom stereocenters. The Morgan fingerprint density at radius 3 is 2.77 bits per heavy atom. The van der Waals surface area contributed by atoms with Crippen LogP contribution in [0.3, 0.4) is 0 Å².